The normalized spacial score (nSPS) is 20.6. The standard InChI is InChI=1S/C9H15N3O2/c1-2-14-9-11-10-8-4-3-7(6-13)5-12(8)9/h7,13H,2-6H2,1H3. The molecule has 2 rings (SSSR count). The maximum absolute atomic E-state index is 9.08. The molecular formula is C9H15N3O2. The predicted molar refractivity (Wildman–Crippen MR) is 50.1 cm³/mol. The Bertz CT molecular complexity index is 311. The zero-order chi connectivity index (χ0) is 9.97. The highest BCUT2D eigenvalue weighted by Crippen LogP contribution is 2.22. The monoisotopic (exact) mass is 197 g/mol. The molecule has 5 heteroatoms. The molecule has 1 aliphatic rings. The molecule has 0 bridgehead atoms. The molecule has 1 unspecified atom stereocenters. The summed E-state index contributed by atoms with van der Waals surface area (Å²) in [5, 5.41) is 17.1. The number of ether oxygens (including phenoxy) is 1. The second kappa shape index (κ2) is 3.96. The van der Waals surface area contributed by atoms with Crippen molar-refractivity contribution >= 4 is 0 Å². The fourth-order valence-electron chi connectivity index (χ4n) is 1.75. The van der Waals surface area contributed by atoms with E-state index in [2.05, 4.69) is 10.2 Å². The van der Waals surface area contributed by atoms with E-state index < -0.39 is 0 Å². The zero-order valence-corrected chi connectivity index (χ0v) is 8.31. The van der Waals surface area contributed by atoms with E-state index >= 15 is 0 Å². The van der Waals surface area contributed by atoms with Crippen LogP contribution >= 0.6 is 0 Å². The van der Waals surface area contributed by atoms with Gasteiger partial charge in [0, 0.05) is 25.5 Å². The van der Waals surface area contributed by atoms with Crippen molar-refractivity contribution in [3.8, 4) is 6.01 Å². The van der Waals surface area contributed by atoms with Crippen molar-refractivity contribution in [1.29, 1.82) is 0 Å². The lowest BCUT2D eigenvalue weighted by atomic mass is 10.0. The first kappa shape index (κ1) is 9.45. The van der Waals surface area contributed by atoms with Gasteiger partial charge in [-0.3, -0.25) is 4.57 Å². The molecule has 0 fully saturated rings. The third-order valence-electron chi connectivity index (χ3n) is 2.54. The SMILES string of the molecule is CCOc1nnc2n1CC(CO)CC2. The number of aliphatic hydroxyl groups excluding tert-OH is 1. The van der Waals surface area contributed by atoms with E-state index in [0.29, 0.717) is 18.5 Å². The van der Waals surface area contributed by atoms with Crippen molar-refractivity contribution in [2.75, 3.05) is 13.2 Å². The van der Waals surface area contributed by atoms with Crippen molar-refractivity contribution in [2.24, 2.45) is 5.92 Å². The number of nitrogens with zero attached hydrogens (tertiary/aromatic N) is 3. The number of aryl methyl sites for hydroxylation is 1. The van der Waals surface area contributed by atoms with Crippen LogP contribution in [0.5, 0.6) is 6.01 Å². The Hall–Kier alpha value is -1.10. The molecule has 1 aliphatic heterocycles. The topological polar surface area (TPSA) is 60.2 Å². The van der Waals surface area contributed by atoms with Gasteiger partial charge >= 0.3 is 6.01 Å². The Balaban J connectivity index is 2.19. The summed E-state index contributed by atoms with van der Waals surface area (Å²) in [6, 6.07) is 0.584. The minimum atomic E-state index is 0.225. The summed E-state index contributed by atoms with van der Waals surface area (Å²) in [7, 11) is 0. The van der Waals surface area contributed by atoms with Crippen molar-refractivity contribution in [3.05, 3.63) is 5.82 Å². The quantitative estimate of drug-likeness (QED) is 0.753. The first-order valence-electron chi connectivity index (χ1n) is 5.01. The van der Waals surface area contributed by atoms with Crippen LogP contribution in [0, 0.1) is 5.92 Å². The second-order valence-corrected chi connectivity index (χ2v) is 3.53. The summed E-state index contributed by atoms with van der Waals surface area (Å²) >= 11 is 0. The maximum atomic E-state index is 9.08. The van der Waals surface area contributed by atoms with Gasteiger partial charge < -0.3 is 9.84 Å². The number of hydrogen-bond donors (Lipinski definition) is 1. The van der Waals surface area contributed by atoms with E-state index in [1.54, 1.807) is 0 Å². The molecule has 0 saturated carbocycles. The van der Waals surface area contributed by atoms with Crippen LogP contribution in [0.15, 0.2) is 0 Å². The summed E-state index contributed by atoms with van der Waals surface area (Å²) < 4.78 is 7.31. The van der Waals surface area contributed by atoms with Crippen LogP contribution in [0.3, 0.4) is 0 Å². The molecule has 2 heterocycles. The molecule has 1 N–H and O–H groups in total. The molecule has 0 spiro atoms. The van der Waals surface area contributed by atoms with E-state index in [4.69, 9.17) is 9.84 Å². The summed E-state index contributed by atoms with van der Waals surface area (Å²) in [4.78, 5) is 0. The molecule has 0 radical (unpaired) electrons. The number of hydrogen-bond acceptors (Lipinski definition) is 4. The van der Waals surface area contributed by atoms with Crippen molar-refractivity contribution < 1.29 is 9.84 Å². The van der Waals surface area contributed by atoms with Crippen LogP contribution in [0.1, 0.15) is 19.2 Å². The van der Waals surface area contributed by atoms with E-state index in [1.165, 1.54) is 0 Å². The summed E-state index contributed by atoms with van der Waals surface area (Å²) in [6.07, 6.45) is 1.87. The van der Waals surface area contributed by atoms with Crippen molar-refractivity contribution in [3.63, 3.8) is 0 Å². The third-order valence-corrected chi connectivity index (χ3v) is 2.54. The van der Waals surface area contributed by atoms with Gasteiger partial charge in [0.2, 0.25) is 0 Å². The molecule has 1 atom stereocenters. The zero-order valence-electron chi connectivity index (χ0n) is 8.31. The Morgan fingerprint density at radius 2 is 2.43 bits per heavy atom. The van der Waals surface area contributed by atoms with Crippen molar-refractivity contribution in [1.82, 2.24) is 14.8 Å². The van der Waals surface area contributed by atoms with Gasteiger partial charge in [-0.2, -0.15) is 0 Å². The molecule has 78 valence electrons. The molecule has 1 aromatic heterocycles. The third kappa shape index (κ3) is 1.59. The van der Waals surface area contributed by atoms with Gasteiger partial charge in [-0.25, -0.2) is 0 Å². The van der Waals surface area contributed by atoms with Gasteiger partial charge in [-0.05, 0) is 13.3 Å². The lowest BCUT2D eigenvalue weighted by molar-refractivity contribution is 0.182. The average Bonchev–Trinajstić information content (AvgIpc) is 2.61. The lowest BCUT2D eigenvalue weighted by Crippen LogP contribution is -2.23. The van der Waals surface area contributed by atoms with Crippen LogP contribution in [0.4, 0.5) is 0 Å². The van der Waals surface area contributed by atoms with Gasteiger partial charge in [-0.15, -0.1) is 5.10 Å². The van der Waals surface area contributed by atoms with Crippen LogP contribution in [-0.4, -0.2) is 33.1 Å². The smallest absolute Gasteiger partial charge is 0.316 e. The van der Waals surface area contributed by atoms with Crippen LogP contribution < -0.4 is 4.74 Å². The molecule has 0 aliphatic carbocycles. The van der Waals surface area contributed by atoms with Crippen LogP contribution in [0.2, 0.25) is 0 Å². The molecule has 1 aromatic rings. The van der Waals surface area contributed by atoms with Gasteiger partial charge in [0.05, 0.1) is 6.61 Å². The minimum absolute atomic E-state index is 0.225. The Labute approximate surface area is 82.7 Å². The van der Waals surface area contributed by atoms with Gasteiger partial charge in [0.15, 0.2) is 0 Å². The first-order valence-corrected chi connectivity index (χ1v) is 5.01. The highest BCUT2D eigenvalue weighted by atomic mass is 16.5. The van der Waals surface area contributed by atoms with Gasteiger partial charge in [-0.1, -0.05) is 5.10 Å². The number of fused-ring (bicyclic) bond motifs is 1. The molecule has 5 nitrogen and oxygen atoms in total. The Morgan fingerprint density at radius 3 is 3.14 bits per heavy atom. The largest absolute Gasteiger partial charge is 0.464 e. The van der Waals surface area contributed by atoms with Crippen LogP contribution in [0.25, 0.3) is 0 Å². The number of aromatic nitrogens is 3. The van der Waals surface area contributed by atoms with E-state index in [-0.39, 0.29) is 6.61 Å². The highest BCUT2D eigenvalue weighted by Gasteiger charge is 2.22. The predicted octanol–water partition coefficient (Wildman–Crippen LogP) is 0.231. The number of aliphatic hydroxyl groups is 1. The summed E-state index contributed by atoms with van der Waals surface area (Å²) in [6.45, 7) is 3.52. The molecule has 0 amide bonds. The summed E-state index contributed by atoms with van der Waals surface area (Å²) in [5.74, 6) is 1.29. The fourth-order valence-corrected chi connectivity index (χ4v) is 1.75. The fraction of sp³-hybridized carbons (Fsp3) is 0.778. The van der Waals surface area contributed by atoms with E-state index in [1.807, 2.05) is 11.5 Å². The second-order valence-electron chi connectivity index (χ2n) is 3.53. The lowest BCUT2D eigenvalue weighted by Gasteiger charge is -2.21. The molecule has 14 heavy (non-hydrogen) atoms. The van der Waals surface area contributed by atoms with E-state index in [9.17, 15) is 0 Å². The van der Waals surface area contributed by atoms with Crippen LogP contribution in [-0.2, 0) is 13.0 Å². The number of rotatable bonds is 3. The Morgan fingerprint density at radius 1 is 1.57 bits per heavy atom. The average molecular weight is 197 g/mol. The highest BCUT2D eigenvalue weighted by molar-refractivity contribution is 5.04. The first-order chi connectivity index (χ1) is 6.85. The molecule has 0 saturated heterocycles. The van der Waals surface area contributed by atoms with Gasteiger partial charge in [0.25, 0.3) is 0 Å². The molecular weight excluding hydrogens is 182 g/mol. The molecule has 0 aromatic carbocycles. The summed E-state index contributed by atoms with van der Waals surface area (Å²) in [5.41, 5.74) is 0. The maximum Gasteiger partial charge on any atom is 0.316 e. The van der Waals surface area contributed by atoms with Gasteiger partial charge in [0.1, 0.15) is 5.82 Å². The minimum Gasteiger partial charge on any atom is -0.464 e. The Kier molecular flexibility index (Phi) is 2.67. The van der Waals surface area contributed by atoms with E-state index in [0.717, 1.165) is 25.2 Å². The van der Waals surface area contributed by atoms with Crippen molar-refractivity contribution in [2.45, 2.75) is 26.3 Å².